The van der Waals surface area contributed by atoms with Gasteiger partial charge in [0, 0.05) is 11.1 Å². The molecule has 8 aromatic rings. The first-order chi connectivity index (χ1) is 23.3. The van der Waals surface area contributed by atoms with Crippen LogP contribution >= 0.6 is 0 Å². The second kappa shape index (κ2) is 11.6. The Labute approximate surface area is 283 Å². The Bertz CT molecular complexity index is 2330. The second-order valence-corrected chi connectivity index (χ2v) is 13.5. The van der Waals surface area contributed by atoms with Crippen LogP contribution in [-0.4, -0.2) is 0 Å². The molecular formula is C48H38. The molecule has 0 aliphatic rings. The lowest BCUT2D eigenvalue weighted by Gasteiger charge is -2.19. The summed E-state index contributed by atoms with van der Waals surface area (Å²) in [5.41, 5.74) is 15.2. The molecule has 0 spiro atoms. The molecule has 8 aromatic carbocycles. The fraction of sp³-hybridized carbons (Fsp3) is 0.125. The van der Waals surface area contributed by atoms with Gasteiger partial charge >= 0.3 is 0 Å². The molecule has 0 saturated carbocycles. The van der Waals surface area contributed by atoms with Gasteiger partial charge in [-0.05, 0) is 129 Å². The van der Waals surface area contributed by atoms with Crippen LogP contribution < -0.4 is 0 Å². The number of fused-ring (bicyclic) bond motifs is 4. The van der Waals surface area contributed by atoms with Gasteiger partial charge in [-0.15, -0.1) is 0 Å². The quantitative estimate of drug-likeness (QED) is 0.134. The zero-order valence-electron chi connectivity index (χ0n) is 28.5. The van der Waals surface area contributed by atoms with Gasteiger partial charge in [0.15, 0.2) is 0 Å². The predicted octanol–water partition coefficient (Wildman–Crippen LogP) is 12.9. The summed E-state index contributed by atoms with van der Waals surface area (Å²) in [6.45, 7) is 13.3. The van der Waals surface area contributed by atoms with Gasteiger partial charge in [0.25, 0.3) is 0 Å². The Hall–Kier alpha value is -5.64. The first kappa shape index (κ1) is 29.7. The van der Waals surface area contributed by atoms with Crippen molar-refractivity contribution in [3.05, 3.63) is 166 Å². The average molecular weight is 615 g/mol. The van der Waals surface area contributed by atoms with Crippen molar-refractivity contribution in [1.82, 2.24) is 0 Å². The minimum Gasteiger partial charge on any atom is -0.0616 e. The van der Waals surface area contributed by atoms with Crippen LogP contribution in [0.15, 0.2) is 121 Å². The number of hydrogen-bond acceptors (Lipinski definition) is 0. The van der Waals surface area contributed by atoms with E-state index in [1.165, 1.54) is 98.7 Å². The molecule has 0 radical (unpaired) electrons. The lowest BCUT2D eigenvalue weighted by Crippen LogP contribution is -1.96. The Morgan fingerprint density at radius 1 is 0.292 bits per heavy atom. The van der Waals surface area contributed by atoms with E-state index in [1.807, 2.05) is 0 Å². The lowest BCUT2D eigenvalue weighted by molar-refractivity contribution is 1.33. The molecule has 0 unspecified atom stereocenters. The highest BCUT2D eigenvalue weighted by molar-refractivity contribution is 6.19. The van der Waals surface area contributed by atoms with E-state index in [1.54, 1.807) is 0 Å². The van der Waals surface area contributed by atoms with E-state index in [0.29, 0.717) is 0 Å². The summed E-state index contributed by atoms with van der Waals surface area (Å²) < 4.78 is 0. The van der Waals surface area contributed by atoms with Crippen molar-refractivity contribution >= 4 is 43.1 Å². The minimum atomic E-state index is 1.08. The normalized spacial score (nSPS) is 11.4. The molecule has 0 heteroatoms. The molecule has 0 bridgehead atoms. The van der Waals surface area contributed by atoms with Crippen molar-refractivity contribution in [3.8, 4) is 34.1 Å². The summed E-state index contributed by atoms with van der Waals surface area (Å²) in [7, 11) is 0. The summed E-state index contributed by atoms with van der Waals surface area (Å²) >= 11 is 0. The van der Waals surface area contributed by atoms with Gasteiger partial charge in [-0.3, -0.25) is 0 Å². The number of hydrogen-bond donors (Lipinski definition) is 0. The standard InChI is InChI=1S/C48H38/c1-29-25-31(3)45(32(4)26-29)47-41-19-11-7-15-35(41)39(36-16-8-12-20-42(36)47)23-24-40-37-17-9-13-21-43(37)48(44-22-14-10-18-38(40)44)46-33(5)27-30(2)28-34(46)6/h7-22,25-28H,1-6H3. The Morgan fingerprint density at radius 2 is 0.521 bits per heavy atom. The van der Waals surface area contributed by atoms with Crippen LogP contribution in [0.5, 0.6) is 0 Å². The topological polar surface area (TPSA) is 0 Å². The summed E-state index contributed by atoms with van der Waals surface area (Å²) in [5, 5.41) is 9.72. The molecule has 0 N–H and O–H groups in total. The van der Waals surface area contributed by atoms with E-state index in [9.17, 15) is 0 Å². The van der Waals surface area contributed by atoms with E-state index in [4.69, 9.17) is 0 Å². The fourth-order valence-electron chi connectivity index (χ4n) is 8.34. The minimum absolute atomic E-state index is 1.08. The first-order valence-electron chi connectivity index (χ1n) is 16.9. The van der Waals surface area contributed by atoms with Gasteiger partial charge < -0.3 is 0 Å². The maximum atomic E-state index is 3.79. The SMILES string of the molecule is Cc1cc(C)c(-c2c3ccccc3c(C#Cc3c4ccccc4c(-c4c(C)cc(C)cc4C)c4ccccc34)c3ccccc23)c(C)c1. The molecule has 0 saturated heterocycles. The third-order valence-corrected chi connectivity index (χ3v) is 10.0. The van der Waals surface area contributed by atoms with Gasteiger partial charge in [-0.2, -0.15) is 0 Å². The van der Waals surface area contributed by atoms with E-state index < -0.39 is 0 Å². The number of rotatable bonds is 2. The largest absolute Gasteiger partial charge is 0.0616 e. The molecule has 48 heavy (non-hydrogen) atoms. The molecule has 0 amide bonds. The van der Waals surface area contributed by atoms with Crippen LogP contribution in [0.1, 0.15) is 44.5 Å². The van der Waals surface area contributed by atoms with E-state index >= 15 is 0 Å². The van der Waals surface area contributed by atoms with Gasteiger partial charge in [-0.25, -0.2) is 0 Å². The molecule has 0 aromatic heterocycles. The fourth-order valence-corrected chi connectivity index (χ4v) is 8.34. The van der Waals surface area contributed by atoms with Gasteiger partial charge in [0.1, 0.15) is 0 Å². The third-order valence-electron chi connectivity index (χ3n) is 10.0. The molecule has 0 fully saturated rings. The number of benzene rings is 8. The predicted molar refractivity (Wildman–Crippen MR) is 208 cm³/mol. The summed E-state index contributed by atoms with van der Waals surface area (Å²) in [6.07, 6.45) is 0. The molecular weight excluding hydrogens is 577 g/mol. The van der Waals surface area contributed by atoms with E-state index in [2.05, 4.69) is 175 Å². The second-order valence-electron chi connectivity index (χ2n) is 13.5. The molecule has 0 heterocycles. The number of aryl methyl sites for hydroxylation is 6. The Morgan fingerprint density at radius 3 is 0.771 bits per heavy atom. The summed E-state index contributed by atoms with van der Waals surface area (Å²) in [6, 6.07) is 44.5. The molecule has 8 rings (SSSR count). The monoisotopic (exact) mass is 614 g/mol. The Kier molecular flexibility index (Phi) is 7.16. The van der Waals surface area contributed by atoms with Crippen LogP contribution in [0.2, 0.25) is 0 Å². The third kappa shape index (κ3) is 4.70. The molecule has 0 aliphatic heterocycles. The maximum absolute atomic E-state index is 3.79. The van der Waals surface area contributed by atoms with Crippen molar-refractivity contribution in [2.75, 3.05) is 0 Å². The van der Waals surface area contributed by atoms with Crippen LogP contribution in [0, 0.1) is 53.4 Å². The van der Waals surface area contributed by atoms with E-state index in [0.717, 1.165) is 11.1 Å². The van der Waals surface area contributed by atoms with Crippen LogP contribution in [0.3, 0.4) is 0 Å². The van der Waals surface area contributed by atoms with Gasteiger partial charge in [-0.1, -0.05) is 144 Å². The lowest BCUT2D eigenvalue weighted by atomic mass is 9.84. The first-order valence-corrected chi connectivity index (χ1v) is 16.9. The van der Waals surface area contributed by atoms with Crippen LogP contribution in [0.25, 0.3) is 65.3 Å². The zero-order chi connectivity index (χ0) is 33.1. The highest BCUT2D eigenvalue weighted by atomic mass is 14.2. The summed E-state index contributed by atoms with van der Waals surface area (Å²) in [5.74, 6) is 7.58. The van der Waals surface area contributed by atoms with E-state index in [-0.39, 0.29) is 0 Å². The molecule has 0 nitrogen and oxygen atoms in total. The van der Waals surface area contributed by atoms with Gasteiger partial charge in [0.2, 0.25) is 0 Å². The highest BCUT2D eigenvalue weighted by Crippen LogP contribution is 2.44. The van der Waals surface area contributed by atoms with Crippen molar-refractivity contribution < 1.29 is 0 Å². The maximum Gasteiger partial charge on any atom is 0.0406 e. The van der Waals surface area contributed by atoms with Crippen LogP contribution in [-0.2, 0) is 0 Å². The van der Waals surface area contributed by atoms with Crippen molar-refractivity contribution in [1.29, 1.82) is 0 Å². The van der Waals surface area contributed by atoms with Gasteiger partial charge in [0.05, 0.1) is 0 Å². The average Bonchev–Trinajstić information content (AvgIpc) is 3.07. The molecule has 0 aliphatic carbocycles. The smallest absolute Gasteiger partial charge is 0.0406 e. The summed E-state index contributed by atoms with van der Waals surface area (Å²) in [4.78, 5) is 0. The molecule has 0 atom stereocenters. The van der Waals surface area contributed by atoms with Crippen LogP contribution in [0.4, 0.5) is 0 Å². The van der Waals surface area contributed by atoms with Crippen molar-refractivity contribution in [3.63, 3.8) is 0 Å². The van der Waals surface area contributed by atoms with Crippen molar-refractivity contribution in [2.24, 2.45) is 0 Å². The Balaban J connectivity index is 1.46. The van der Waals surface area contributed by atoms with Crippen molar-refractivity contribution in [2.45, 2.75) is 41.5 Å². The molecule has 230 valence electrons. The zero-order valence-corrected chi connectivity index (χ0v) is 28.5. The highest BCUT2D eigenvalue weighted by Gasteiger charge is 2.19.